The van der Waals surface area contributed by atoms with E-state index < -0.39 is 5.97 Å². The normalized spacial score (nSPS) is 19.8. The number of anilines is 1. The molecule has 1 fully saturated rings. The maximum Gasteiger partial charge on any atom is 0.340 e. The van der Waals surface area contributed by atoms with E-state index in [1.807, 2.05) is 5.38 Å². The molecule has 2 N–H and O–H groups in total. The number of nitrogens with zero attached hydrogens (tertiary/aromatic N) is 2. The van der Waals surface area contributed by atoms with Crippen LogP contribution < -0.4 is 5.32 Å². The number of aromatic amines is 1. The van der Waals surface area contributed by atoms with Crippen molar-refractivity contribution < 1.29 is 19.1 Å². The lowest BCUT2D eigenvalue weighted by molar-refractivity contribution is -0.0707. The number of amides is 1. The average Bonchev–Trinajstić information content (AvgIpc) is 3.16. The van der Waals surface area contributed by atoms with Crippen LogP contribution in [0.2, 0.25) is 0 Å². The largest absolute Gasteiger partial charge is 0.459 e. The van der Waals surface area contributed by atoms with Crippen LogP contribution in [-0.4, -0.2) is 58.1 Å². The number of morpholine rings is 1. The molecular weight excluding hydrogens is 404 g/mol. The Morgan fingerprint density at radius 2 is 2.00 bits per heavy atom. The first kappa shape index (κ1) is 22.5. The smallest absolute Gasteiger partial charge is 0.340 e. The lowest BCUT2D eigenvalue weighted by Gasteiger charge is -2.34. The molecule has 30 heavy (non-hydrogen) atoms. The molecule has 0 aliphatic carbocycles. The van der Waals surface area contributed by atoms with Gasteiger partial charge in [-0.25, -0.2) is 9.78 Å². The Labute approximate surface area is 181 Å². The second-order valence-corrected chi connectivity index (χ2v) is 8.99. The number of rotatable bonds is 6. The standard InChI is InChI=1S/C21H30N4O4S/c1-11(2)28-20(27)17-14(5)18(22-15(17)6)19(26)24-21-23-16(10-30-21)9-25-7-12(3)29-13(4)8-25/h10-13,22H,7-9H2,1-6H3,(H,23,24,26)/t12-,13-/m1/s1. The summed E-state index contributed by atoms with van der Waals surface area (Å²) in [5, 5.41) is 5.32. The van der Waals surface area contributed by atoms with Crippen LogP contribution in [0.25, 0.3) is 0 Å². The van der Waals surface area contributed by atoms with Gasteiger partial charge in [-0.15, -0.1) is 11.3 Å². The van der Waals surface area contributed by atoms with Crippen molar-refractivity contribution in [3.05, 3.63) is 33.6 Å². The van der Waals surface area contributed by atoms with Gasteiger partial charge in [0.05, 0.1) is 29.6 Å². The van der Waals surface area contributed by atoms with E-state index in [9.17, 15) is 9.59 Å². The number of ether oxygens (including phenoxy) is 2. The quantitative estimate of drug-likeness (QED) is 0.676. The van der Waals surface area contributed by atoms with Crippen LogP contribution in [0.5, 0.6) is 0 Å². The van der Waals surface area contributed by atoms with Crippen LogP contribution in [0.15, 0.2) is 5.38 Å². The molecule has 0 bridgehead atoms. The van der Waals surface area contributed by atoms with Gasteiger partial charge in [-0.05, 0) is 47.1 Å². The van der Waals surface area contributed by atoms with E-state index in [0.717, 1.165) is 25.3 Å². The molecule has 2 atom stereocenters. The van der Waals surface area contributed by atoms with Crippen molar-refractivity contribution in [3.63, 3.8) is 0 Å². The first-order valence-corrected chi connectivity index (χ1v) is 11.1. The van der Waals surface area contributed by atoms with Crippen LogP contribution in [0, 0.1) is 13.8 Å². The second-order valence-electron chi connectivity index (χ2n) is 8.13. The van der Waals surface area contributed by atoms with Gasteiger partial charge in [0, 0.05) is 30.7 Å². The van der Waals surface area contributed by atoms with Gasteiger partial charge in [0.2, 0.25) is 0 Å². The molecule has 1 amide bonds. The highest BCUT2D eigenvalue weighted by Gasteiger charge is 2.25. The van der Waals surface area contributed by atoms with E-state index in [2.05, 4.69) is 34.0 Å². The third-order valence-corrected chi connectivity index (χ3v) is 5.67. The Bertz CT molecular complexity index is 910. The highest BCUT2D eigenvalue weighted by atomic mass is 32.1. The number of carbonyl (C=O) groups excluding carboxylic acids is 2. The van der Waals surface area contributed by atoms with Crippen molar-refractivity contribution >= 4 is 28.3 Å². The molecular formula is C21H30N4O4S. The average molecular weight is 435 g/mol. The van der Waals surface area contributed by atoms with Gasteiger partial charge in [0.15, 0.2) is 5.13 Å². The number of H-pyrrole nitrogens is 1. The molecule has 1 aliphatic heterocycles. The van der Waals surface area contributed by atoms with Crippen LogP contribution in [-0.2, 0) is 16.0 Å². The fourth-order valence-electron chi connectivity index (χ4n) is 3.80. The Morgan fingerprint density at radius 3 is 2.63 bits per heavy atom. The minimum absolute atomic E-state index is 0.197. The van der Waals surface area contributed by atoms with E-state index in [1.54, 1.807) is 27.7 Å². The van der Waals surface area contributed by atoms with Crippen molar-refractivity contribution in [3.8, 4) is 0 Å². The summed E-state index contributed by atoms with van der Waals surface area (Å²) >= 11 is 1.39. The summed E-state index contributed by atoms with van der Waals surface area (Å²) in [7, 11) is 0. The number of aromatic nitrogens is 2. The highest BCUT2D eigenvalue weighted by Crippen LogP contribution is 2.23. The Morgan fingerprint density at radius 1 is 1.33 bits per heavy atom. The minimum Gasteiger partial charge on any atom is -0.459 e. The van der Waals surface area contributed by atoms with Gasteiger partial charge in [-0.1, -0.05) is 0 Å². The summed E-state index contributed by atoms with van der Waals surface area (Å²) in [5.74, 6) is -0.755. The summed E-state index contributed by atoms with van der Waals surface area (Å²) in [6.07, 6.45) is 0.166. The Balaban J connectivity index is 1.66. The van der Waals surface area contributed by atoms with E-state index in [1.165, 1.54) is 11.3 Å². The van der Waals surface area contributed by atoms with E-state index in [0.29, 0.717) is 27.6 Å². The summed E-state index contributed by atoms with van der Waals surface area (Å²) in [6.45, 7) is 13.7. The van der Waals surface area contributed by atoms with Gasteiger partial charge in [-0.2, -0.15) is 0 Å². The molecule has 0 spiro atoms. The second kappa shape index (κ2) is 9.28. The zero-order valence-corrected chi connectivity index (χ0v) is 19.2. The molecule has 1 aliphatic rings. The fraction of sp³-hybridized carbons (Fsp3) is 0.571. The third kappa shape index (κ3) is 5.27. The Kier molecular flexibility index (Phi) is 6.95. The van der Waals surface area contributed by atoms with E-state index >= 15 is 0 Å². The van der Waals surface area contributed by atoms with Crippen molar-refractivity contribution in [1.82, 2.24) is 14.9 Å². The molecule has 0 unspecified atom stereocenters. The Hall–Kier alpha value is -2.23. The van der Waals surface area contributed by atoms with Gasteiger partial charge in [0.25, 0.3) is 5.91 Å². The van der Waals surface area contributed by atoms with E-state index in [4.69, 9.17) is 9.47 Å². The van der Waals surface area contributed by atoms with Gasteiger partial charge in [0.1, 0.15) is 5.69 Å². The number of hydrogen-bond donors (Lipinski definition) is 2. The first-order chi connectivity index (χ1) is 14.1. The lowest BCUT2D eigenvalue weighted by Crippen LogP contribution is -2.44. The molecule has 3 heterocycles. The number of aryl methyl sites for hydroxylation is 1. The number of carbonyl (C=O) groups is 2. The predicted molar refractivity (Wildman–Crippen MR) is 116 cm³/mol. The van der Waals surface area contributed by atoms with E-state index in [-0.39, 0.29) is 24.2 Å². The molecule has 1 saturated heterocycles. The van der Waals surface area contributed by atoms with Crippen molar-refractivity contribution in [2.24, 2.45) is 0 Å². The third-order valence-electron chi connectivity index (χ3n) is 4.86. The molecule has 164 valence electrons. The zero-order chi connectivity index (χ0) is 22.0. The fourth-order valence-corrected chi connectivity index (χ4v) is 4.49. The lowest BCUT2D eigenvalue weighted by atomic mass is 10.1. The van der Waals surface area contributed by atoms with Crippen LogP contribution >= 0.6 is 11.3 Å². The number of esters is 1. The van der Waals surface area contributed by atoms with Crippen LogP contribution in [0.4, 0.5) is 5.13 Å². The van der Waals surface area contributed by atoms with Crippen LogP contribution in [0.3, 0.4) is 0 Å². The summed E-state index contributed by atoms with van der Waals surface area (Å²) < 4.78 is 11.1. The monoisotopic (exact) mass is 434 g/mol. The molecule has 8 nitrogen and oxygen atoms in total. The molecule has 2 aromatic heterocycles. The van der Waals surface area contributed by atoms with Crippen molar-refractivity contribution in [2.45, 2.75) is 66.4 Å². The number of nitrogens with one attached hydrogen (secondary N) is 2. The maximum absolute atomic E-state index is 12.8. The van der Waals surface area contributed by atoms with Gasteiger partial charge < -0.3 is 14.5 Å². The van der Waals surface area contributed by atoms with Crippen LogP contribution in [0.1, 0.15) is 65.5 Å². The molecule has 0 aromatic carbocycles. The maximum atomic E-state index is 12.8. The van der Waals surface area contributed by atoms with Crippen molar-refractivity contribution in [2.75, 3.05) is 18.4 Å². The van der Waals surface area contributed by atoms with Gasteiger partial charge in [-0.3, -0.25) is 15.0 Å². The molecule has 3 rings (SSSR count). The summed E-state index contributed by atoms with van der Waals surface area (Å²) in [6, 6.07) is 0. The highest BCUT2D eigenvalue weighted by molar-refractivity contribution is 7.14. The molecule has 2 aromatic rings. The molecule has 9 heteroatoms. The SMILES string of the molecule is Cc1[nH]c(C(=O)Nc2nc(CN3C[C@@H](C)O[C@H](C)C3)cs2)c(C)c1C(=O)OC(C)C. The summed E-state index contributed by atoms with van der Waals surface area (Å²) in [4.78, 5) is 35.0. The summed E-state index contributed by atoms with van der Waals surface area (Å²) in [5.41, 5.74) is 2.85. The van der Waals surface area contributed by atoms with Gasteiger partial charge >= 0.3 is 5.97 Å². The number of thiazole rings is 1. The number of hydrogen-bond acceptors (Lipinski definition) is 7. The zero-order valence-electron chi connectivity index (χ0n) is 18.4. The van der Waals surface area contributed by atoms with Crippen molar-refractivity contribution in [1.29, 1.82) is 0 Å². The predicted octanol–water partition coefficient (Wildman–Crippen LogP) is 3.51. The topological polar surface area (TPSA) is 96.5 Å². The molecule has 0 radical (unpaired) electrons. The minimum atomic E-state index is -0.430. The first-order valence-electron chi connectivity index (χ1n) is 10.2. The molecule has 0 saturated carbocycles.